The molecular weight excluding hydrogens is 403 g/mol. The molecule has 2 rings (SSSR count). The van der Waals surface area contributed by atoms with Gasteiger partial charge in [-0.25, -0.2) is 4.39 Å². The fourth-order valence-corrected chi connectivity index (χ4v) is 3.18. The van der Waals surface area contributed by atoms with Crippen LogP contribution in [-0.4, -0.2) is 65.1 Å². The second kappa shape index (κ2) is 10.9. The topological polar surface area (TPSA) is 150 Å². The maximum absolute atomic E-state index is 14.0. The number of halogens is 1. The van der Waals surface area contributed by atoms with Crippen LogP contribution < -0.4 is 5.32 Å². The zero-order valence-corrected chi connectivity index (χ0v) is 17.4. The van der Waals surface area contributed by atoms with E-state index >= 15 is 0 Å². The summed E-state index contributed by atoms with van der Waals surface area (Å²) in [6.07, 6.45) is 2.38. The van der Waals surface area contributed by atoms with Crippen molar-refractivity contribution < 1.29 is 24.1 Å². The number of ketones is 1. The average molecular weight is 430 g/mol. The third-order valence-electron chi connectivity index (χ3n) is 4.77. The minimum atomic E-state index is -1.35. The van der Waals surface area contributed by atoms with Crippen molar-refractivity contribution in [1.29, 1.82) is 16.2 Å². The van der Waals surface area contributed by atoms with Crippen LogP contribution in [0.2, 0.25) is 0 Å². The molecule has 0 heterocycles. The van der Waals surface area contributed by atoms with Gasteiger partial charge >= 0.3 is 0 Å². The highest BCUT2D eigenvalue weighted by Crippen LogP contribution is 2.19. The van der Waals surface area contributed by atoms with Gasteiger partial charge in [0.15, 0.2) is 0 Å². The number of aliphatic hydroxyl groups is 2. The molecule has 31 heavy (non-hydrogen) atoms. The minimum absolute atomic E-state index is 0.138. The number of Topliss-reactive ketones (excluding diaryl/α,β-unsaturated/α-hetero) is 1. The van der Waals surface area contributed by atoms with E-state index in [0.717, 1.165) is 6.07 Å². The number of benzene rings is 1. The fraction of sp³-hybridized carbons (Fsp3) is 0.364. The van der Waals surface area contributed by atoms with E-state index in [1.807, 2.05) is 0 Å². The average Bonchev–Trinajstić information content (AvgIpc) is 2.75. The van der Waals surface area contributed by atoms with Crippen LogP contribution in [0, 0.1) is 22.0 Å². The molecule has 0 fully saturated rings. The van der Waals surface area contributed by atoms with Crippen LogP contribution in [0.1, 0.15) is 25.3 Å². The van der Waals surface area contributed by atoms with Crippen molar-refractivity contribution in [2.75, 3.05) is 13.7 Å². The fourth-order valence-electron chi connectivity index (χ4n) is 3.18. The van der Waals surface area contributed by atoms with Crippen LogP contribution in [0.5, 0.6) is 0 Å². The van der Waals surface area contributed by atoms with E-state index in [4.69, 9.17) is 21.0 Å². The van der Waals surface area contributed by atoms with Gasteiger partial charge < -0.3 is 25.7 Å². The lowest BCUT2D eigenvalue weighted by molar-refractivity contribution is -0.113. The predicted octanol–water partition coefficient (Wildman–Crippen LogP) is 1.75. The van der Waals surface area contributed by atoms with Crippen LogP contribution in [0.4, 0.5) is 4.39 Å². The molecule has 1 aromatic rings. The Morgan fingerprint density at radius 1 is 1.32 bits per heavy atom. The van der Waals surface area contributed by atoms with Crippen molar-refractivity contribution in [2.45, 2.75) is 38.0 Å². The van der Waals surface area contributed by atoms with E-state index in [2.05, 4.69) is 5.32 Å². The van der Waals surface area contributed by atoms with Crippen molar-refractivity contribution in [3.63, 3.8) is 0 Å². The number of hydrogen-bond acceptors (Lipinski definition) is 8. The van der Waals surface area contributed by atoms with E-state index in [9.17, 15) is 19.4 Å². The summed E-state index contributed by atoms with van der Waals surface area (Å²) >= 11 is 0. The van der Waals surface area contributed by atoms with Gasteiger partial charge in [-0.05, 0) is 36.8 Å². The lowest BCUT2D eigenvalue weighted by atomic mass is 9.93. The summed E-state index contributed by atoms with van der Waals surface area (Å²) in [4.78, 5) is 13.1. The van der Waals surface area contributed by atoms with E-state index < -0.39 is 35.2 Å². The number of carbonyl (C=O) groups is 1. The molecular formula is C22H27FN4O4. The van der Waals surface area contributed by atoms with Gasteiger partial charge in [-0.15, -0.1) is 0 Å². The monoisotopic (exact) mass is 430 g/mol. The Morgan fingerprint density at radius 3 is 2.58 bits per heavy atom. The molecule has 0 amide bonds. The van der Waals surface area contributed by atoms with Crippen LogP contribution in [0.15, 0.2) is 47.7 Å². The standard InChI is InChI=1S/C22H27FN4O4/c1-12(29)7-18(24)21(27-14-8-13(11-28)9-15(10-14)31-2)22(30)20(26)19(25)16-5-3-4-6-17(16)23/h3-6,8,10,12,15,21,24-29H,7,9,11H2,1-2H3. The highest BCUT2D eigenvalue weighted by molar-refractivity contribution is 6.70. The van der Waals surface area contributed by atoms with Crippen LogP contribution in [-0.2, 0) is 9.53 Å². The summed E-state index contributed by atoms with van der Waals surface area (Å²) in [5, 5.41) is 46.6. The number of carbonyl (C=O) groups excluding carboxylic acids is 1. The lowest BCUT2D eigenvalue weighted by Crippen LogP contribution is -2.48. The minimum Gasteiger partial charge on any atom is -0.393 e. The summed E-state index contributed by atoms with van der Waals surface area (Å²) in [5.41, 5.74) is -0.686. The van der Waals surface area contributed by atoms with Crippen molar-refractivity contribution in [3.05, 3.63) is 59.1 Å². The molecule has 3 atom stereocenters. The number of ether oxygens (including phenoxy) is 1. The highest BCUT2D eigenvalue weighted by atomic mass is 19.1. The van der Waals surface area contributed by atoms with Gasteiger partial charge in [-0.2, -0.15) is 0 Å². The molecule has 0 aliphatic heterocycles. The number of allylic oxidation sites excluding steroid dienone is 1. The normalized spacial score (nSPS) is 17.8. The summed E-state index contributed by atoms with van der Waals surface area (Å²) in [6, 6.07) is 4.01. The Bertz CT molecular complexity index is 939. The Morgan fingerprint density at radius 2 is 2.00 bits per heavy atom. The molecule has 9 heteroatoms. The van der Waals surface area contributed by atoms with Gasteiger partial charge in [0.2, 0.25) is 5.78 Å². The third kappa shape index (κ3) is 6.24. The number of rotatable bonds is 11. The van der Waals surface area contributed by atoms with Crippen molar-refractivity contribution in [1.82, 2.24) is 5.32 Å². The second-order valence-electron chi connectivity index (χ2n) is 7.31. The molecule has 0 radical (unpaired) electrons. The maximum Gasteiger partial charge on any atom is 0.210 e. The van der Waals surface area contributed by atoms with Crippen molar-refractivity contribution in [2.24, 2.45) is 0 Å². The first kappa shape index (κ1) is 24.3. The summed E-state index contributed by atoms with van der Waals surface area (Å²) in [5.74, 6) is -1.64. The second-order valence-corrected chi connectivity index (χ2v) is 7.31. The van der Waals surface area contributed by atoms with Crippen LogP contribution >= 0.6 is 0 Å². The molecule has 0 saturated carbocycles. The molecule has 0 spiro atoms. The SMILES string of the molecule is COC1C=C(NC(C(=N)CC(C)O)C(=O)C(=N)C(=N)c2ccccc2F)C=C(CO)C1. The molecule has 0 saturated heterocycles. The number of aliphatic hydroxyl groups excluding tert-OH is 2. The molecule has 1 aromatic carbocycles. The third-order valence-corrected chi connectivity index (χ3v) is 4.77. The molecule has 3 unspecified atom stereocenters. The van der Waals surface area contributed by atoms with Crippen LogP contribution in [0.25, 0.3) is 0 Å². The molecule has 166 valence electrons. The first-order valence-corrected chi connectivity index (χ1v) is 9.71. The Labute approximate surface area is 180 Å². The zero-order valence-electron chi connectivity index (χ0n) is 17.4. The van der Waals surface area contributed by atoms with Crippen molar-refractivity contribution >= 4 is 22.9 Å². The van der Waals surface area contributed by atoms with Gasteiger partial charge in [0.05, 0.1) is 24.5 Å². The summed E-state index contributed by atoms with van der Waals surface area (Å²) in [7, 11) is 1.50. The Hall–Kier alpha value is -3.01. The quantitative estimate of drug-likeness (QED) is 0.296. The van der Waals surface area contributed by atoms with Gasteiger partial charge in [0.25, 0.3) is 0 Å². The Balaban J connectivity index is 2.34. The van der Waals surface area contributed by atoms with E-state index in [0.29, 0.717) is 17.7 Å². The highest BCUT2D eigenvalue weighted by Gasteiger charge is 2.31. The first-order chi connectivity index (χ1) is 14.7. The molecule has 0 aromatic heterocycles. The summed E-state index contributed by atoms with van der Waals surface area (Å²) < 4.78 is 19.4. The number of methoxy groups -OCH3 is 1. The van der Waals surface area contributed by atoms with E-state index in [1.54, 1.807) is 12.2 Å². The Kier molecular flexibility index (Phi) is 8.49. The smallest absolute Gasteiger partial charge is 0.210 e. The van der Waals surface area contributed by atoms with Gasteiger partial charge in [0.1, 0.15) is 17.6 Å². The zero-order chi connectivity index (χ0) is 23.1. The van der Waals surface area contributed by atoms with Crippen LogP contribution in [0.3, 0.4) is 0 Å². The molecule has 6 N–H and O–H groups in total. The van der Waals surface area contributed by atoms with Crippen molar-refractivity contribution in [3.8, 4) is 0 Å². The number of nitrogens with one attached hydrogen (secondary N) is 4. The number of hydrogen-bond donors (Lipinski definition) is 6. The van der Waals surface area contributed by atoms with Gasteiger partial charge in [0, 0.05) is 36.9 Å². The maximum atomic E-state index is 14.0. The summed E-state index contributed by atoms with van der Waals surface area (Å²) in [6.45, 7) is 1.25. The lowest BCUT2D eigenvalue weighted by Gasteiger charge is -2.26. The van der Waals surface area contributed by atoms with Gasteiger partial charge in [-0.1, -0.05) is 12.1 Å². The van der Waals surface area contributed by atoms with E-state index in [1.165, 1.54) is 32.2 Å². The van der Waals surface area contributed by atoms with E-state index in [-0.39, 0.29) is 30.4 Å². The largest absolute Gasteiger partial charge is 0.393 e. The molecule has 1 aliphatic rings. The molecule has 1 aliphatic carbocycles. The first-order valence-electron chi connectivity index (χ1n) is 9.71. The molecule has 8 nitrogen and oxygen atoms in total. The predicted molar refractivity (Wildman–Crippen MR) is 116 cm³/mol. The molecule has 0 bridgehead atoms. The van der Waals surface area contributed by atoms with Gasteiger partial charge in [-0.3, -0.25) is 15.6 Å².